The third-order valence-corrected chi connectivity index (χ3v) is 4.71. The van der Waals surface area contributed by atoms with Crippen molar-refractivity contribution in [1.82, 2.24) is 0 Å². The average molecular weight is 315 g/mol. The maximum Gasteiger partial charge on any atom is 0.416 e. The van der Waals surface area contributed by atoms with Gasteiger partial charge in [0.15, 0.2) is 5.78 Å². The number of ketones is 1. The van der Waals surface area contributed by atoms with Crippen molar-refractivity contribution in [2.24, 2.45) is 5.73 Å². The number of hydrogen-bond acceptors (Lipinski definition) is 3. The molecular formula is C15H16F3NOS. The number of hydrogen-bond donors (Lipinski definition) is 1. The molecule has 2 rings (SSSR count). The van der Waals surface area contributed by atoms with Crippen molar-refractivity contribution in [2.75, 3.05) is 0 Å². The quantitative estimate of drug-likeness (QED) is 0.912. The Kier molecular flexibility index (Phi) is 4.37. The third-order valence-electron chi connectivity index (χ3n) is 3.51. The molecule has 0 spiro atoms. The van der Waals surface area contributed by atoms with E-state index in [0.717, 1.165) is 12.5 Å². The minimum atomic E-state index is -4.44. The fourth-order valence-corrected chi connectivity index (χ4v) is 3.69. The van der Waals surface area contributed by atoms with Gasteiger partial charge in [-0.3, -0.25) is 4.79 Å². The van der Waals surface area contributed by atoms with E-state index in [4.69, 9.17) is 5.73 Å². The molecule has 0 aromatic heterocycles. The second kappa shape index (κ2) is 5.75. The van der Waals surface area contributed by atoms with Crippen molar-refractivity contribution in [3.8, 4) is 0 Å². The molecule has 2 nitrogen and oxygen atoms in total. The summed E-state index contributed by atoms with van der Waals surface area (Å²) in [6.45, 7) is 3.33. The second-order valence-corrected chi connectivity index (χ2v) is 6.22. The maximum absolute atomic E-state index is 13.0. The van der Waals surface area contributed by atoms with Crippen molar-refractivity contribution >= 4 is 23.1 Å². The molecular weight excluding hydrogens is 299 g/mol. The van der Waals surface area contributed by atoms with Crippen LogP contribution in [0, 0.1) is 6.92 Å². The third kappa shape index (κ3) is 2.95. The van der Waals surface area contributed by atoms with Crippen LogP contribution in [-0.2, 0) is 11.0 Å². The van der Waals surface area contributed by atoms with Crippen molar-refractivity contribution in [3.63, 3.8) is 0 Å². The SMILES string of the molecule is CCCC1SC(N)=C(c2cccc(C(F)(F)F)c2C)C1=O. The molecule has 2 N–H and O–H groups in total. The minimum Gasteiger partial charge on any atom is -0.393 e. The van der Waals surface area contributed by atoms with Gasteiger partial charge >= 0.3 is 6.18 Å². The zero-order valence-electron chi connectivity index (χ0n) is 11.8. The highest BCUT2D eigenvalue weighted by Crippen LogP contribution is 2.42. The van der Waals surface area contributed by atoms with Gasteiger partial charge in [0, 0.05) is 0 Å². The highest BCUT2D eigenvalue weighted by atomic mass is 32.2. The molecule has 0 aliphatic carbocycles. The molecule has 6 heteroatoms. The maximum atomic E-state index is 13.0. The molecule has 0 amide bonds. The first-order chi connectivity index (χ1) is 9.77. The predicted molar refractivity (Wildman–Crippen MR) is 78.6 cm³/mol. The fourth-order valence-electron chi connectivity index (χ4n) is 2.48. The van der Waals surface area contributed by atoms with Crippen LogP contribution in [0.5, 0.6) is 0 Å². The van der Waals surface area contributed by atoms with Gasteiger partial charge in [0.2, 0.25) is 0 Å². The molecule has 1 unspecified atom stereocenters. The number of carbonyl (C=O) groups excluding carboxylic acids is 1. The van der Waals surface area contributed by atoms with Crippen LogP contribution < -0.4 is 5.73 Å². The van der Waals surface area contributed by atoms with Gasteiger partial charge in [0.05, 0.1) is 21.4 Å². The molecule has 1 heterocycles. The Balaban J connectivity index is 2.48. The summed E-state index contributed by atoms with van der Waals surface area (Å²) in [4.78, 5) is 12.4. The zero-order valence-corrected chi connectivity index (χ0v) is 12.6. The summed E-state index contributed by atoms with van der Waals surface area (Å²) in [7, 11) is 0. The Morgan fingerprint density at radius 1 is 1.33 bits per heavy atom. The molecule has 1 aliphatic heterocycles. The minimum absolute atomic E-state index is 0.0500. The molecule has 0 radical (unpaired) electrons. The van der Waals surface area contributed by atoms with Crippen LogP contribution >= 0.6 is 11.8 Å². The summed E-state index contributed by atoms with van der Waals surface area (Å²) in [6, 6.07) is 3.86. The molecule has 1 atom stereocenters. The number of Topliss-reactive ketones (excluding diaryl/α,β-unsaturated/α-hetero) is 1. The summed E-state index contributed by atoms with van der Waals surface area (Å²) < 4.78 is 38.9. The van der Waals surface area contributed by atoms with Crippen LogP contribution in [-0.4, -0.2) is 11.0 Å². The largest absolute Gasteiger partial charge is 0.416 e. The van der Waals surface area contributed by atoms with Crippen LogP contribution in [0.3, 0.4) is 0 Å². The molecule has 1 aromatic carbocycles. The number of halogens is 3. The van der Waals surface area contributed by atoms with Crippen molar-refractivity contribution in [3.05, 3.63) is 39.9 Å². The number of thioether (sulfide) groups is 1. The van der Waals surface area contributed by atoms with Crippen molar-refractivity contribution < 1.29 is 18.0 Å². The molecule has 0 fully saturated rings. The lowest BCUT2D eigenvalue weighted by atomic mass is 9.92. The zero-order chi connectivity index (χ0) is 15.8. The van der Waals surface area contributed by atoms with E-state index < -0.39 is 11.7 Å². The molecule has 114 valence electrons. The molecule has 1 aromatic rings. The van der Waals surface area contributed by atoms with Gasteiger partial charge in [-0.1, -0.05) is 37.2 Å². The van der Waals surface area contributed by atoms with Crippen LogP contribution in [0.4, 0.5) is 13.2 Å². The van der Waals surface area contributed by atoms with E-state index >= 15 is 0 Å². The fraction of sp³-hybridized carbons (Fsp3) is 0.400. The Morgan fingerprint density at radius 3 is 2.57 bits per heavy atom. The predicted octanol–water partition coefficient (Wildman–Crippen LogP) is 4.13. The van der Waals surface area contributed by atoms with E-state index in [1.807, 2.05) is 6.92 Å². The van der Waals surface area contributed by atoms with E-state index in [1.165, 1.54) is 30.8 Å². The molecule has 21 heavy (non-hydrogen) atoms. The summed E-state index contributed by atoms with van der Waals surface area (Å²) in [5.41, 5.74) is 5.74. The Hall–Kier alpha value is -1.43. The highest BCUT2D eigenvalue weighted by Gasteiger charge is 2.37. The number of carbonyl (C=O) groups is 1. The average Bonchev–Trinajstić information content (AvgIpc) is 2.65. The van der Waals surface area contributed by atoms with E-state index in [2.05, 4.69) is 0 Å². The lowest BCUT2D eigenvalue weighted by Gasteiger charge is -2.14. The summed E-state index contributed by atoms with van der Waals surface area (Å²) in [5.74, 6) is -0.165. The summed E-state index contributed by atoms with van der Waals surface area (Å²) >= 11 is 1.25. The second-order valence-electron chi connectivity index (χ2n) is 4.97. The van der Waals surface area contributed by atoms with E-state index in [0.29, 0.717) is 17.0 Å². The first kappa shape index (κ1) is 15.9. The number of allylic oxidation sites excluding steroid dienone is 1. The first-order valence-corrected chi connectivity index (χ1v) is 7.53. The summed E-state index contributed by atoms with van der Waals surface area (Å²) in [6.07, 6.45) is -2.94. The Bertz CT molecular complexity index is 607. The molecule has 0 saturated carbocycles. The lowest BCUT2D eigenvalue weighted by molar-refractivity contribution is -0.138. The van der Waals surface area contributed by atoms with Crippen LogP contribution in [0.2, 0.25) is 0 Å². The number of benzene rings is 1. The van der Waals surface area contributed by atoms with Gasteiger partial charge in [-0.25, -0.2) is 0 Å². The summed E-state index contributed by atoms with van der Waals surface area (Å²) in [5, 5.41) is 0.0415. The lowest BCUT2D eigenvalue weighted by Crippen LogP contribution is -2.15. The number of nitrogens with two attached hydrogens (primary N) is 1. The molecule has 0 saturated heterocycles. The highest BCUT2D eigenvalue weighted by molar-refractivity contribution is 8.05. The van der Waals surface area contributed by atoms with E-state index in [1.54, 1.807) is 0 Å². The standard InChI is InChI=1S/C15H16F3NOS/c1-3-5-11-13(20)12(14(19)21-11)9-6-4-7-10(8(9)2)15(16,17)18/h4,6-7,11H,3,5,19H2,1-2H3. The number of alkyl halides is 3. The monoisotopic (exact) mass is 315 g/mol. The Morgan fingerprint density at radius 2 is 2.00 bits per heavy atom. The van der Waals surface area contributed by atoms with Crippen molar-refractivity contribution in [2.45, 2.75) is 38.1 Å². The van der Waals surface area contributed by atoms with Crippen LogP contribution in [0.15, 0.2) is 23.2 Å². The van der Waals surface area contributed by atoms with E-state index in [9.17, 15) is 18.0 Å². The van der Waals surface area contributed by atoms with Gasteiger partial charge in [0.1, 0.15) is 0 Å². The van der Waals surface area contributed by atoms with Crippen LogP contribution in [0.1, 0.15) is 36.5 Å². The van der Waals surface area contributed by atoms with E-state index in [-0.39, 0.29) is 22.2 Å². The van der Waals surface area contributed by atoms with Gasteiger partial charge in [0.25, 0.3) is 0 Å². The smallest absolute Gasteiger partial charge is 0.393 e. The van der Waals surface area contributed by atoms with Gasteiger partial charge in [-0.15, -0.1) is 0 Å². The van der Waals surface area contributed by atoms with Crippen molar-refractivity contribution in [1.29, 1.82) is 0 Å². The molecule has 1 aliphatic rings. The van der Waals surface area contributed by atoms with Gasteiger partial charge < -0.3 is 5.73 Å². The first-order valence-electron chi connectivity index (χ1n) is 6.65. The van der Waals surface area contributed by atoms with Crippen LogP contribution in [0.25, 0.3) is 5.57 Å². The topological polar surface area (TPSA) is 43.1 Å². The normalized spacial score (nSPS) is 19.5. The molecule has 0 bridgehead atoms. The van der Waals surface area contributed by atoms with Gasteiger partial charge in [-0.05, 0) is 30.5 Å². The number of rotatable bonds is 3. The Labute approximate surface area is 125 Å². The van der Waals surface area contributed by atoms with Gasteiger partial charge in [-0.2, -0.15) is 13.2 Å².